The number of anilines is 1. The Kier molecular flexibility index (Phi) is 3.66. The lowest BCUT2D eigenvalue weighted by Gasteiger charge is -2.09. The number of halogens is 1. The molecule has 0 bridgehead atoms. The van der Waals surface area contributed by atoms with Crippen LogP contribution in [0.5, 0.6) is 0 Å². The smallest absolute Gasteiger partial charge is 0.283 e. The second-order valence-electron chi connectivity index (χ2n) is 4.50. The Balaban J connectivity index is 2.10. The van der Waals surface area contributed by atoms with Crippen LogP contribution in [0.15, 0.2) is 28.1 Å². The fourth-order valence-corrected chi connectivity index (χ4v) is 2.21. The highest BCUT2D eigenvalue weighted by Crippen LogP contribution is 2.37. The zero-order valence-corrected chi connectivity index (χ0v) is 11.4. The topological polar surface area (TPSA) is 46.9 Å². The lowest BCUT2D eigenvalue weighted by molar-refractivity contribution is 0.648. The summed E-state index contributed by atoms with van der Waals surface area (Å²) in [7, 11) is 0. The van der Waals surface area contributed by atoms with E-state index in [1.165, 1.54) is 11.1 Å². The van der Waals surface area contributed by atoms with Crippen molar-refractivity contribution in [3.05, 3.63) is 33.7 Å². The molecule has 1 aliphatic rings. The summed E-state index contributed by atoms with van der Waals surface area (Å²) in [5.41, 5.74) is 0.646. The zero-order chi connectivity index (χ0) is 12.4. The molecule has 0 radical (unpaired) electrons. The number of hydrogen-bond acceptors (Lipinski definition) is 3. The van der Waals surface area contributed by atoms with E-state index >= 15 is 0 Å². The van der Waals surface area contributed by atoms with E-state index in [0.717, 1.165) is 24.1 Å². The van der Waals surface area contributed by atoms with Crippen LogP contribution >= 0.6 is 15.9 Å². The lowest BCUT2D eigenvalue weighted by atomic mass is 10.3. The highest BCUT2D eigenvalue weighted by Gasteiger charge is 2.32. The van der Waals surface area contributed by atoms with E-state index in [9.17, 15) is 4.79 Å². The van der Waals surface area contributed by atoms with Crippen molar-refractivity contribution in [3.63, 3.8) is 0 Å². The van der Waals surface area contributed by atoms with Gasteiger partial charge in [0.05, 0.1) is 18.4 Å². The Labute approximate surface area is 109 Å². The van der Waals surface area contributed by atoms with Gasteiger partial charge in [-0.15, -0.1) is 6.58 Å². The monoisotopic (exact) mass is 297 g/mol. The molecule has 4 nitrogen and oxygen atoms in total. The second kappa shape index (κ2) is 5.04. The van der Waals surface area contributed by atoms with Crippen LogP contribution in [0, 0.1) is 11.8 Å². The van der Waals surface area contributed by atoms with Gasteiger partial charge in [-0.2, -0.15) is 5.10 Å². The summed E-state index contributed by atoms with van der Waals surface area (Å²) in [6, 6.07) is 0. The minimum Gasteiger partial charge on any atom is -0.382 e. The number of nitrogens with zero attached hydrogens (tertiary/aromatic N) is 2. The van der Waals surface area contributed by atoms with Gasteiger partial charge in [0.25, 0.3) is 5.56 Å². The van der Waals surface area contributed by atoms with E-state index in [4.69, 9.17) is 0 Å². The van der Waals surface area contributed by atoms with Crippen molar-refractivity contribution < 1.29 is 0 Å². The molecule has 92 valence electrons. The molecule has 0 saturated heterocycles. The third-order valence-corrected chi connectivity index (χ3v) is 3.88. The molecule has 1 saturated carbocycles. The van der Waals surface area contributed by atoms with Crippen LogP contribution in [0.3, 0.4) is 0 Å². The summed E-state index contributed by atoms with van der Waals surface area (Å²) in [5.74, 6) is 1.54. The molecule has 1 aromatic rings. The number of hydrogen-bond donors (Lipinski definition) is 1. The third kappa shape index (κ3) is 2.77. The number of aromatic nitrogens is 2. The first kappa shape index (κ1) is 12.4. The molecule has 0 spiro atoms. The molecule has 2 rings (SSSR count). The van der Waals surface area contributed by atoms with Gasteiger partial charge in [0, 0.05) is 6.54 Å². The maximum Gasteiger partial charge on any atom is 0.283 e. The summed E-state index contributed by atoms with van der Waals surface area (Å²) in [6.07, 6.45) is 4.60. The molecule has 5 heteroatoms. The van der Waals surface area contributed by atoms with Gasteiger partial charge in [0.15, 0.2) is 0 Å². The van der Waals surface area contributed by atoms with Crippen molar-refractivity contribution >= 4 is 21.6 Å². The molecule has 17 heavy (non-hydrogen) atoms. The van der Waals surface area contributed by atoms with Gasteiger partial charge < -0.3 is 5.32 Å². The van der Waals surface area contributed by atoms with Gasteiger partial charge in [-0.1, -0.05) is 13.0 Å². The van der Waals surface area contributed by atoms with Gasteiger partial charge in [-0.25, -0.2) is 4.68 Å². The maximum absolute atomic E-state index is 11.9. The minimum absolute atomic E-state index is 0.126. The minimum atomic E-state index is -0.126. The first-order valence-electron chi connectivity index (χ1n) is 5.74. The Morgan fingerprint density at radius 3 is 3.06 bits per heavy atom. The van der Waals surface area contributed by atoms with Crippen LogP contribution in [0.1, 0.15) is 13.3 Å². The molecule has 1 fully saturated rings. The molecule has 1 aliphatic carbocycles. The Hall–Kier alpha value is -1.10. The second-order valence-corrected chi connectivity index (χ2v) is 5.30. The number of rotatable bonds is 5. The number of allylic oxidation sites excluding steroid dienone is 1. The predicted octanol–water partition coefficient (Wildman–Crippen LogP) is 2.26. The van der Waals surface area contributed by atoms with E-state index in [2.05, 4.69) is 39.8 Å². The van der Waals surface area contributed by atoms with Gasteiger partial charge in [-0.3, -0.25) is 4.79 Å². The molecule has 1 aromatic heterocycles. The highest BCUT2D eigenvalue weighted by molar-refractivity contribution is 9.10. The van der Waals surface area contributed by atoms with E-state index in [0.29, 0.717) is 11.0 Å². The van der Waals surface area contributed by atoms with Gasteiger partial charge in [0.1, 0.15) is 4.47 Å². The largest absolute Gasteiger partial charge is 0.382 e. The summed E-state index contributed by atoms with van der Waals surface area (Å²) >= 11 is 3.32. The van der Waals surface area contributed by atoms with Crippen LogP contribution in [0.4, 0.5) is 5.69 Å². The van der Waals surface area contributed by atoms with Crippen molar-refractivity contribution in [1.82, 2.24) is 9.78 Å². The van der Waals surface area contributed by atoms with Crippen molar-refractivity contribution in [2.24, 2.45) is 11.8 Å². The van der Waals surface area contributed by atoms with Crippen LogP contribution in [0.2, 0.25) is 0 Å². The summed E-state index contributed by atoms with van der Waals surface area (Å²) in [4.78, 5) is 11.9. The van der Waals surface area contributed by atoms with Crippen molar-refractivity contribution in [3.8, 4) is 0 Å². The molecule has 0 amide bonds. The molecule has 1 heterocycles. The van der Waals surface area contributed by atoms with Crippen LogP contribution in [-0.4, -0.2) is 16.3 Å². The molecular weight excluding hydrogens is 282 g/mol. The molecule has 2 atom stereocenters. The van der Waals surface area contributed by atoms with Gasteiger partial charge in [0.2, 0.25) is 0 Å². The fraction of sp³-hybridized carbons (Fsp3) is 0.500. The normalized spacial score (nSPS) is 22.2. The van der Waals surface area contributed by atoms with Crippen molar-refractivity contribution in [2.45, 2.75) is 19.9 Å². The lowest BCUT2D eigenvalue weighted by Crippen LogP contribution is -2.24. The maximum atomic E-state index is 11.9. The van der Waals surface area contributed by atoms with Crippen LogP contribution in [-0.2, 0) is 6.54 Å². The predicted molar refractivity (Wildman–Crippen MR) is 72.2 cm³/mol. The standard InChI is InChI=1S/C12H16BrN3O/c1-3-4-16-12(17)11(13)10(7-15-16)14-6-9-5-8(9)2/h3,7-9,14H,1,4-6H2,2H3. The quantitative estimate of drug-likeness (QED) is 0.848. The summed E-state index contributed by atoms with van der Waals surface area (Å²) in [5, 5.41) is 7.35. The average Bonchev–Trinajstić information content (AvgIpc) is 3.01. The highest BCUT2D eigenvalue weighted by atomic mass is 79.9. The van der Waals surface area contributed by atoms with Crippen LogP contribution in [0.25, 0.3) is 0 Å². The van der Waals surface area contributed by atoms with Gasteiger partial charge >= 0.3 is 0 Å². The molecule has 2 unspecified atom stereocenters. The van der Waals surface area contributed by atoms with E-state index < -0.39 is 0 Å². The first-order chi connectivity index (χ1) is 8.13. The summed E-state index contributed by atoms with van der Waals surface area (Å²) < 4.78 is 1.92. The summed E-state index contributed by atoms with van der Waals surface area (Å²) in [6.45, 7) is 7.17. The fourth-order valence-electron chi connectivity index (χ4n) is 1.77. The third-order valence-electron chi connectivity index (χ3n) is 3.12. The SMILES string of the molecule is C=CCn1ncc(NCC2CC2C)c(Br)c1=O. The van der Waals surface area contributed by atoms with E-state index in [1.807, 2.05) is 0 Å². The first-order valence-corrected chi connectivity index (χ1v) is 6.53. The van der Waals surface area contributed by atoms with Crippen molar-refractivity contribution in [2.75, 3.05) is 11.9 Å². The molecule has 0 aromatic carbocycles. The Morgan fingerprint density at radius 1 is 1.76 bits per heavy atom. The Morgan fingerprint density at radius 2 is 2.47 bits per heavy atom. The molecule has 0 aliphatic heterocycles. The number of nitrogens with one attached hydrogen (secondary N) is 1. The zero-order valence-electron chi connectivity index (χ0n) is 9.82. The molecular formula is C12H16BrN3O. The van der Waals surface area contributed by atoms with Crippen LogP contribution < -0.4 is 10.9 Å². The van der Waals surface area contributed by atoms with E-state index in [-0.39, 0.29) is 5.56 Å². The molecule has 1 N–H and O–H groups in total. The Bertz CT molecular complexity index is 483. The van der Waals surface area contributed by atoms with Gasteiger partial charge in [-0.05, 0) is 34.2 Å². The van der Waals surface area contributed by atoms with Crippen molar-refractivity contribution in [1.29, 1.82) is 0 Å². The van der Waals surface area contributed by atoms with E-state index in [1.54, 1.807) is 12.3 Å². The average molecular weight is 298 g/mol.